The molecule has 0 N–H and O–H groups in total. The number of rotatable bonds is 6. The van der Waals surface area contributed by atoms with Gasteiger partial charge in [-0.15, -0.1) is 5.10 Å². The lowest BCUT2D eigenvalue weighted by atomic mass is 9.92. The Labute approximate surface area is 192 Å². The molecular formula is C24H28N4O5. The number of methoxy groups -OCH3 is 1. The van der Waals surface area contributed by atoms with Crippen molar-refractivity contribution in [3.8, 4) is 5.75 Å². The molecule has 1 amide bonds. The van der Waals surface area contributed by atoms with Crippen molar-refractivity contribution >= 4 is 23.1 Å². The Morgan fingerprint density at radius 1 is 1.18 bits per heavy atom. The van der Waals surface area contributed by atoms with Gasteiger partial charge in [0.15, 0.2) is 6.04 Å². The van der Waals surface area contributed by atoms with Crippen LogP contribution in [0.3, 0.4) is 0 Å². The number of ether oxygens (including phenoxy) is 3. The minimum atomic E-state index is -0.841. The first-order chi connectivity index (χ1) is 15.9. The summed E-state index contributed by atoms with van der Waals surface area (Å²) in [7, 11) is 3.17. The lowest BCUT2D eigenvalue weighted by Crippen LogP contribution is -2.44. The zero-order valence-corrected chi connectivity index (χ0v) is 19.3. The first-order valence-corrected chi connectivity index (χ1v) is 10.9. The highest BCUT2D eigenvalue weighted by molar-refractivity contribution is 5.84. The molecule has 1 aromatic heterocycles. The van der Waals surface area contributed by atoms with Crippen LogP contribution >= 0.6 is 0 Å². The Hall–Kier alpha value is -3.62. The van der Waals surface area contributed by atoms with Gasteiger partial charge in [-0.05, 0) is 53.3 Å². The van der Waals surface area contributed by atoms with Gasteiger partial charge in [-0.25, -0.2) is 14.3 Å². The van der Waals surface area contributed by atoms with Crippen molar-refractivity contribution in [3.63, 3.8) is 0 Å². The minimum Gasteiger partial charge on any atom is -0.489 e. The largest absolute Gasteiger partial charge is 0.489 e. The molecule has 2 heterocycles. The minimum absolute atomic E-state index is 0.206. The molecule has 9 heteroatoms. The van der Waals surface area contributed by atoms with Crippen molar-refractivity contribution < 1.29 is 23.8 Å². The van der Waals surface area contributed by atoms with Gasteiger partial charge < -0.3 is 14.2 Å². The fourth-order valence-electron chi connectivity index (χ4n) is 3.92. The molecule has 0 aliphatic carbocycles. The molecule has 174 valence electrons. The molecule has 9 nitrogen and oxygen atoms in total. The molecule has 0 fully saturated rings. The second kappa shape index (κ2) is 9.48. The molecule has 1 atom stereocenters. The second-order valence-electron chi connectivity index (χ2n) is 8.53. The van der Waals surface area contributed by atoms with Gasteiger partial charge in [0, 0.05) is 13.6 Å². The number of esters is 1. The highest BCUT2D eigenvalue weighted by atomic mass is 16.6. The number of carbonyl (C=O) groups is 2. The molecule has 0 spiro atoms. The number of amides is 1. The van der Waals surface area contributed by atoms with E-state index in [2.05, 4.69) is 10.3 Å². The third-order valence-corrected chi connectivity index (χ3v) is 5.62. The summed E-state index contributed by atoms with van der Waals surface area (Å²) in [6.07, 6.45) is 0.0759. The van der Waals surface area contributed by atoms with Crippen molar-refractivity contribution in [2.45, 2.75) is 32.9 Å². The van der Waals surface area contributed by atoms with Crippen LogP contribution in [0.25, 0.3) is 11.0 Å². The molecule has 0 saturated heterocycles. The first kappa shape index (κ1) is 22.6. The van der Waals surface area contributed by atoms with Crippen molar-refractivity contribution in [2.75, 3.05) is 20.3 Å². The molecule has 0 bridgehead atoms. The highest BCUT2D eigenvalue weighted by Crippen LogP contribution is 2.34. The monoisotopic (exact) mass is 452 g/mol. The van der Waals surface area contributed by atoms with Crippen molar-refractivity contribution in [2.24, 2.45) is 13.0 Å². The van der Waals surface area contributed by atoms with Crippen molar-refractivity contribution in [3.05, 3.63) is 53.1 Å². The van der Waals surface area contributed by atoms with E-state index in [1.165, 1.54) is 12.0 Å². The van der Waals surface area contributed by atoms with Gasteiger partial charge in [0.05, 0.1) is 19.2 Å². The zero-order chi connectivity index (χ0) is 23.5. The maximum absolute atomic E-state index is 12.6. The summed E-state index contributed by atoms with van der Waals surface area (Å²) in [5, 5.41) is 8.16. The van der Waals surface area contributed by atoms with Gasteiger partial charge in [0.1, 0.15) is 17.9 Å². The van der Waals surface area contributed by atoms with Crippen LogP contribution in [0, 0.1) is 5.92 Å². The average molecular weight is 453 g/mol. The number of aromatic nitrogens is 3. The number of carbonyl (C=O) groups excluding carboxylic acids is 2. The number of aryl methyl sites for hydroxylation is 1. The van der Waals surface area contributed by atoms with Gasteiger partial charge in [0.2, 0.25) is 0 Å². The molecule has 33 heavy (non-hydrogen) atoms. The molecule has 2 aromatic carbocycles. The van der Waals surface area contributed by atoms with Gasteiger partial charge in [-0.1, -0.05) is 31.2 Å². The third-order valence-electron chi connectivity index (χ3n) is 5.62. The van der Waals surface area contributed by atoms with Crippen molar-refractivity contribution in [1.29, 1.82) is 0 Å². The van der Waals surface area contributed by atoms with Gasteiger partial charge in [-0.2, -0.15) is 0 Å². The van der Waals surface area contributed by atoms with Crippen LogP contribution < -0.4 is 4.74 Å². The van der Waals surface area contributed by atoms with Crippen LogP contribution in [0.5, 0.6) is 5.75 Å². The van der Waals surface area contributed by atoms with Crippen LogP contribution in [-0.4, -0.2) is 52.2 Å². The summed E-state index contributed by atoms with van der Waals surface area (Å²) in [5.41, 5.74) is 4.42. The lowest BCUT2D eigenvalue weighted by molar-refractivity contribution is -0.147. The van der Waals surface area contributed by atoms with E-state index in [1.807, 2.05) is 51.2 Å². The Kier molecular flexibility index (Phi) is 6.48. The highest BCUT2D eigenvalue weighted by Gasteiger charge is 2.38. The average Bonchev–Trinajstić information content (AvgIpc) is 3.19. The maximum Gasteiger partial charge on any atom is 0.410 e. The molecule has 0 saturated carbocycles. The van der Waals surface area contributed by atoms with Crippen LogP contribution in [0.4, 0.5) is 4.79 Å². The fourth-order valence-corrected chi connectivity index (χ4v) is 3.92. The third kappa shape index (κ3) is 4.76. The Balaban J connectivity index is 1.50. The normalized spacial score (nSPS) is 15.4. The van der Waals surface area contributed by atoms with Crippen LogP contribution in [0.15, 0.2) is 36.4 Å². The molecule has 3 aromatic rings. The Morgan fingerprint density at radius 3 is 2.76 bits per heavy atom. The van der Waals surface area contributed by atoms with Gasteiger partial charge in [0.25, 0.3) is 0 Å². The Bertz CT molecular complexity index is 1170. The van der Waals surface area contributed by atoms with E-state index in [0.29, 0.717) is 31.9 Å². The molecular weight excluding hydrogens is 424 g/mol. The number of nitrogens with zero attached hydrogens (tertiary/aromatic N) is 4. The summed E-state index contributed by atoms with van der Waals surface area (Å²) in [4.78, 5) is 26.6. The molecule has 0 radical (unpaired) electrons. The summed E-state index contributed by atoms with van der Waals surface area (Å²) >= 11 is 0. The van der Waals surface area contributed by atoms with E-state index < -0.39 is 18.1 Å². The number of fused-ring (bicyclic) bond motifs is 2. The van der Waals surface area contributed by atoms with Gasteiger partial charge >= 0.3 is 12.1 Å². The smallest absolute Gasteiger partial charge is 0.410 e. The number of hydrogen-bond acceptors (Lipinski definition) is 7. The standard InChI is InChI=1S/C24H28N4O5/c1-15(2)13-33-24(30)28-10-9-17-12-18(6-7-19(17)22(28)23(29)31-4)32-14-16-5-8-21-20(11-16)25-26-27(21)3/h5-8,11-12,15,22H,9-10,13-14H2,1-4H3. The molecule has 1 aliphatic rings. The summed E-state index contributed by atoms with van der Waals surface area (Å²) in [6, 6.07) is 10.6. The quantitative estimate of drug-likeness (QED) is 0.529. The topological polar surface area (TPSA) is 95.8 Å². The predicted molar refractivity (Wildman–Crippen MR) is 121 cm³/mol. The van der Waals surface area contributed by atoms with E-state index in [1.54, 1.807) is 10.7 Å². The fraction of sp³-hybridized carbons (Fsp3) is 0.417. The molecule has 1 aliphatic heterocycles. The van der Waals surface area contributed by atoms with E-state index >= 15 is 0 Å². The first-order valence-electron chi connectivity index (χ1n) is 10.9. The van der Waals surface area contributed by atoms with Crippen LogP contribution in [-0.2, 0) is 34.3 Å². The van der Waals surface area contributed by atoms with E-state index in [0.717, 1.165) is 27.7 Å². The zero-order valence-electron chi connectivity index (χ0n) is 19.3. The summed E-state index contributed by atoms with van der Waals surface area (Å²) in [6.45, 7) is 4.95. The summed E-state index contributed by atoms with van der Waals surface area (Å²) in [5.74, 6) is 0.396. The van der Waals surface area contributed by atoms with E-state index in [-0.39, 0.29) is 5.92 Å². The van der Waals surface area contributed by atoms with Crippen LogP contribution in [0.2, 0.25) is 0 Å². The van der Waals surface area contributed by atoms with Gasteiger partial charge in [-0.3, -0.25) is 4.90 Å². The lowest BCUT2D eigenvalue weighted by Gasteiger charge is -2.35. The SMILES string of the molecule is COC(=O)C1c2ccc(OCc3ccc4c(c3)nnn4C)cc2CCN1C(=O)OCC(C)C. The number of hydrogen-bond donors (Lipinski definition) is 0. The second-order valence-corrected chi connectivity index (χ2v) is 8.53. The van der Waals surface area contributed by atoms with E-state index in [9.17, 15) is 9.59 Å². The maximum atomic E-state index is 12.6. The summed E-state index contributed by atoms with van der Waals surface area (Å²) < 4.78 is 18.1. The molecule has 1 unspecified atom stereocenters. The van der Waals surface area contributed by atoms with Crippen molar-refractivity contribution in [1.82, 2.24) is 19.9 Å². The van der Waals surface area contributed by atoms with Crippen LogP contribution in [0.1, 0.15) is 36.6 Å². The van der Waals surface area contributed by atoms with E-state index in [4.69, 9.17) is 14.2 Å². The molecule has 4 rings (SSSR count). The number of benzene rings is 2. The predicted octanol–water partition coefficient (Wildman–Crippen LogP) is 3.41. The Morgan fingerprint density at radius 2 is 2.00 bits per heavy atom.